The fourth-order valence-electron chi connectivity index (χ4n) is 2.08. The molecule has 0 saturated carbocycles. The van der Waals surface area contributed by atoms with Crippen LogP contribution in [0.1, 0.15) is 77.6 Å². The summed E-state index contributed by atoms with van der Waals surface area (Å²) >= 11 is -1.66. The predicted molar refractivity (Wildman–Crippen MR) is 82.9 cm³/mol. The second-order valence-corrected chi connectivity index (χ2v) is 6.22. The largest absolute Gasteiger partial charge is 0.381 e. The van der Waals surface area contributed by atoms with E-state index >= 15 is 0 Å². The number of hydrogen-bond donors (Lipinski definition) is 1. The molecule has 0 aromatic carbocycles. The third kappa shape index (κ3) is 18.1. The summed E-state index contributed by atoms with van der Waals surface area (Å²) in [5, 5.41) is 0. The molecule has 0 spiro atoms. The highest BCUT2D eigenvalue weighted by molar-refractivity contribution is 7.79. The Kier molecular flexibility index (Phi) is 16.2. The zero-order chi connectivity index (χ0) is 14.2. The minimum Gasteiger partial charge on any atom is -0.381 e. The van der Waals surface area contributed by atoms with Crippen LogP contribution < -0.4 is 0 Å². The molecule has 1 unspecified atom stereocenters. The van der Waals surface area contributed by atoms with Gasteiger partial charge in [0.2, 0.25) is 0 Å². The summed E-state index contributed by atoms with van der Waals surface area (Å²) in [6, 6.07) is 0. The summed E-state index contributed by atoms with van der Waals surface area (Å²) in [5.74, 6) is 0.331. The van der Waals surface area contributed by atoms with Crippen LogP contribution in [0, 0.1) is 0 Å². The molecule has 0 radical (unpaired) electrons. The van der Waals surface area contributed by atoms with Crippen LogP contribution in [-0.4, -0.2) is 27.7 Å². The summed E-state index contributed by atoms with van der Waals surface area (Å²) in [7, 11) is 0. The van der Waals surface area contributed by atoms with E-state index in [0.717, 1.165) is 13.0 Å². The Labute approximate surface area is 121 Å². The summed E-state index contributed by atoms with van der Waals surface area (Å²) in [5.41, 5.74) is 0. The molecule has 0 aromatic heterocycles. The number of unbranched alkanes of at least 4 members (excludes halogenated alkanes) is 9. The van der Waals surface area contributed by atoms with Crippen molar-refractivity contribution in [2.75, 3.05) is 19.0 Å². The van der Waals surface area contributed by atoms with Gasteiger partial charge in [-0.05, 0) is 12.8 Å². The first-order chi connectivity index (χ1) is 9.27. The minimum atomic E-state index is -1.66. The van der Waals surface area contributed by atoms with Gasteiger partial charge in [0.1, 0.15) is 0 Å². The number of rotatable bonds is 15. The van der Waals surface area contributed by atoms with Gasteiger partial charge in [0.25, 0.3) is 0 Å². The average molecular weight is 292 g/mol. The van der Waals surface area contributed by atoms with Crippen LogP contribution in [0.25, 0.3) is 0 Å². The van der Waals surface area contributed by atoms with E-state index in [1.54, 1.807) is 0 Å². The van der Waals surface area contributed by atoms with E-state index in [0.29, 0.717) is 18.8 Å². The van der Waals surface area contributed by atoms with Gasteiger partial charge >= 0.3 is 0 Å². The van der Waals surface area contributed by atoms with Crippen molar-refractivity contribution in [3.63, 3.8) is 0 Å². The zero-order valence-electron chi connectivity index (χ0n) is 12.6. The lowest BCUT2D eigenvalue weighted by Crippen LogP contribution is -2.02. The van der Waals surface area contributed by atoms with E-state index in [1.807, 2.05) is 0 Å². The molecule has 1 atom stereocenters. The molecule has 0 aliphatic rings. The van der Waals surface area contributed by atoms with E-state index in [9.17, 15) is 4.21 Å². The maximum Gasteiger partial charge on any atom is 0.152 e. The Morgan fingerprint density at radius 1 is 0.789 bits per heavy atom. The van der Waals surface area contributed by atoms with Crippen LogP contribution in [0.3, 0.4) is 0 Å². The molecule has 116 valence electrons. The quantitative estimate of drug-likeness (QED) is 0.356. The Hall–Kier alpha value is 0.0700. The Morgan fingerprint density at radius 3 is 1.79 bits per heavy atom. The molecule has 0 aliphatic carbocycles. The second-order valence-electron chi connectivity index (χ2n) is 5.17. The Morgan fingerprint density at radius 2 is 1.26 bits per heavy atom. The third-order valence-corrected chi connectivity index (χ3v) is 3.89. The minimum absolute atomic E-state index is 0.331. The van der Waals surface area contributed by atoms with E-state index < -0.39 is 11.1 Å². The molecule has 0 amide bonds. The van der Waals surface area contributed by atoms with Crippen LogP contribution in [0.15, 0.2) is 0 Å². The monoisotopic (exact) mass is 292 g/mol. The Balaban J connectivity index is 2.93. The van der Waals surface area contributed by atoms with Gasteiger partial charge < -0.3 is 9.29 Å². The summed E-state index contributed by atoms with van der Waals surface area (Å²) in [6.07, 6.45) is 14.0. The third-order valence-electron chi connectivity index (χ3n) is 3.25. The van der Waals surface area contributed by atoms with Crippen molar-refractivity contribution in [3.05, 3.63) is 0 Å². The SMILES string of the molecule is CCCCCCCCCCCCOCCCS(=O)O. The molecule has 0 saturated heterocycles. The maximum atomic E-state index is 10.4. The van der Waals surface area contributed by atoms with Crippen LogP contribution in [0.2, 0.25) is 0 Å². The topological polar surface area (TPSA) is 46.5 Å². The van der Waals surface area contributed by atoms with Crippen molar-refractivity contribution in [3.8, 4) is 0 Å². The first-order valence-electron chi connectivity index (χ1n) is 7.92. The molecule has 0 rings (SSSR count). The van der Waals surface area contributed by atoms with E-state index in [4.69, 9.17) is 9.29 Å². The summed E-state index contributed by atoms with van der Waals surface area (Å²) in [4.78, 5) is 0. The molecule has 0 aromatic rings. The highest BCUT2D eigenvalue weighted by atomic mass is 32.2. The van der Waals surface area contributed by atoms with Crippen LogP contribution in [0.4, 0.5) is 0 Å². The fourth-order valence-corrected chi connectivity index (χ4v) is 2.44. The maximum absolute atomic E-state index is 10.4. The van der Waals surface area contributed by atoms with Gasteiger partial charge in [0.05, 0.1) is 5.75 Å². The van der Waals surface area contributed by atoms with Gasteiger partial charge in [-0.2, -0.15) is 0 Å². The predicted octanol–water partition coefficient (Wildman–Crippen LogP) is 4.54. The molecule has 0 heterocycles. The lowest BCUT2D eigenvalue weighted by Gasteiger charge is -2.04. The number of hydrogen-bond acceptors (Lipinski definition) is 2. The van der Waals surface area contributed by atoms with Crippen LogP contribution >= 0.6 is 0 Å². The molecule has 4 heteroatoms. The fraction of sp³-hybridized carbons (Fsp3) is 1.00. The van der Waals surface area contributed by atoms with Crippen LogP contribution in [0.5, 0.6) is 0 Å². The highest BCUT2D eigenvalue weighted by Crippen LogP contribution is 2.10. The van der Waals surface area contributed by atoms with Gasteiger partial charge in [-0.15, -0.1) is 0 Å². The molecule has 1 N–H and O–H groups in total. The van der Waals surface area contributed by atoms with Crippen molar-refractivity contribution < 1.29 is 13.5 Å². The van der Waals surface area contributed by atoms with E-state index in [2.05, 4.69) is 6.92 Å². The van der Waals surface area contributed by atoms with Gasteiger partial charge in [-0.25, -0.2) is 4.21 Å². The van der Waals surface area contributed by atoms with Gasteiger partial charge in [0, 0.05) is 13.2 Å². The molecule has 0 bridgehead atoms. The van der Waals surface area contributed by atoms with Crippen molar-refractivity contribution in [1.29, 1.82) is 0 Å². The zero-order valence-corrected chi connectivity index (χ0v) is 13.4. The van der Waals surface area contributed by atoms with Gasteiger partial charge in [0.15, 0.2) is 11.1 Å². The standard InChI is InChI=1S/C15H32O3S/c1-2-3-4-5-6-7-8-9-10-11-13-18-14-12-15-19(16)17/h2-15H2,1H3,(H,16,17). The van der Waals surface area contributed by atoms with Crippen molar-refractivity contribution in [2.24, 2.45) is 0 Å². The summed E-state index contributed by atoms with van der Waals surface area (Å²) < 4.78 is 24.3. The van der Waals surface area contributed by atoms with Gasteiger partial charge in [-0.1, -0.05) is 64.7 Å². The van der Waals surface area contributed by atoms with Gasteiger partial charge in [-0.3, -0.25) is 0 Å². The first-order valence-corrected chi connectivity index (χ1v) is 9.20. The average Bonchev–Trinajstić information content (AvgIpc) is 2.39. The van der Waals surface area contributed by atoms with E-state index in [-0.39, 0.29) is 0 Å². The number of ether oxygens (including phenoxy) is 1. The molecular formula is C15H32O3S. The second kappa shape index (κ2) is 16.1. The molecular weight excluding hydrogens is 260 g/mol. The lowest BCUT2D eigenvalue weighted by molar-refractivity contribution is 0.131. The lowest BCUT2D eigenvalue weighted by atomic mass is 10.1. The molecule has 0 aliphatic heterocycles. The Bertz CT molecular complexity index is 198. The molecule has 19 heavy (non-hydrogen) atoms. The molecule has 3 nitrogen and oxygen atoms in total. The smallest absolute Gasteiger partial charge is 0.152 e. The van der Waals surface area contributed by atoms with Crippen molar-refractivity contribution in [2.45, 2.75) is 77.6 Å². The molecule has 0 fully saturated rings. The van der Waals surface area contributed by atoms with Crippen molar-refractivity contribution >= 4 is 11.1 Å². The van der Waals surface area contributed by atoms with Crippen LogP contribution in [-0.2, 0) is 15.8 Å². The first kappa shape index (κ1) is 19.1. The highest BCUT2D eigenvalue weighted by Gasteiger charge is 1.95. The van der Waals surface area contributed by atoms with Crippen molar-refractivity contribution in [1.82, 2.24) is 0 Å². The summed E-state index contributed by atoms with van der Waals surface area (Å²) in [6.45, 7) is 3.67. The van der Waals surface area contributed by atoms with E-state index in [1.165, 1.54) is 57.8 Å². The normalized spacial score (nSPS) is 12.7.